The number of imidazole rings is 1. The Morgan fingerprint density at radius 2 is 2.30 bits per heavy atom. The SMILES string of the molecule is O=S(=O)(CCn1ccnc1)N1CCc2sc(Br)cc2C1. The summed E-state index contributed by atoms with van der Waals surface area (Å²) in [6.07, 6.45) is 5.87. The number of fused-ring (bicyclic) bond motifs is 1. The molecule has 0 radical (unpaired) electrons. The van der Waals surface area contributed by atoms with Crippen LogP contribution in [0.25, 0.3) is 0 Å². The van der Waals surface area contributed by atoms with Crippen molar-refractivity contribution in [2.45, 2.75) is 19.5 Å². The first-order valence-corrected chi connectivity index (χ1v) is 9.47. The van der Waals surface area contributed by atoms with E-state index < -0.39 is 10.0 Å². The van der Waals surface area contributed by atoms with Crippen LogP contribution in [0.5, 0.6) is 0 Å². The van der Waals surface area contributed by atoms with E-state index in [-0.39, 0.29) is 5.75 Å². The van der Waals surface area contributed by atoms with Crippen LogP contribution in [0.1, 0.15) is 10.4 Å². The van der Waals surface area contributed by atoms with E-state index in [4.69, 9.17) is 0 Å². The number of hydrogen-bond donors (Lipinski definition) is 0. The predicted octanol–water partition coefficient (Wildman–Crippen LogP) is 2.10. The molecule has 0 unspecified atom stereocenters. The summed E-state index contributed by atoms with van der Waals surface area (Å²) < 4.78 is 29.2. The molecule has 1 aliphatic heterocycles. The monoisotopic (exact) mass is 375 g/mol. The average molecular weight is 376 g/mol. The van der Waals surface area contributed by atoms with Crippen LogP contribution < -0.4 is 0 Å². The highest BCUT2D eigenvalue weighted by molar-refractivity contribution is 9.11. The standard InChI is InChI=1S/C12H14BrN3O2S2/c13-12-7-10-8-16(3-1-11(10)19-12)20(17,18)6-5-15-4-2-14-9-15/h2,4,7,9H,1,3,5-6,8H2. The summed E-state index contributed by atoms with van der Waals surface area (Å²) >= 11 is 5.16. The molecule has 0 atom stereocenters. The van der Waals surface area contributed by atoms with Crippen molar-refractivity contribution in [2.24, 2.45) is 0 Å². The molecule has 0 N–H and O–H groups in total. The molecule has 0 fully saturated rings. The number of nitrogens with zero attached hydrogens (tertiary/aromatic N) is 3. The van der Waals surface area contributed by atoms with Gasteiger partial charge >= 0.3 is 0 Å². The Morgan fingerprint density at radius 1 is 1.45 bits per heavy atom. The van der Waals surface area contributed by atoms with E-state index in [2.05, 4.69) is 20.9 Å². The second-order valence-electron chi connectivity index (χ2n) is 4.70. The lowest BCUT2D eigenvalue weighted by molar-refractivity contribution is 0.392. The number of thiophene rings is 1. The predicted molar refractivity (Wildman–Crippen MR) is 82.1 cm³/mol. The molecule has 3 heterocycles. The number of hydrogen-bond acceptors (Lipinski definition) is 4. The van der Waals surface area contributed by atoms with E-state index in [1.807, 2.05) is 6.07 Å². The van der Waals surface area contributed by atoms with Gasteiger partial charge in [-0.15, -0.1) is 11.3 Å². The van der Waals surface area contributed by atoms with Crippen molar-refractivity contribution in [1.82, 2.24) is 13.9 Å². The van der Waals surface area contributed by atoms with Crippen molar-refractivity contribution in [1.29, 1.82) is 0 Å². The van der Waals surface area contributed by atoms with Crippen molar-refractivity contribution >= 4 is 37.3 Å². The Balaban J connectivity index is 1.69. The molecule has 108 valence electrons. The smallest absolute Gasteiger partial charge is 0.216 e. The number of halogens is 1. The van der Waals surface area contributed by atoms with E-state index in [0.717, 1.165) is 15.8 Å². The van der Waals surface area contributed by atoms with Gasteiger partial charge in [0.05, 0.1) is 15.9 Å². The molecule has 0 aliphatic carbocycles. The van der Waals surface area contributed by atoms with Gasteiger partial charge in [-0.25, -0.2) is 13.4 Å². The summed E-state index contributed by atoms with van der Waals surface area (Å²) in [6.45, 7) is 1.51. The lowest BCUT2D eigenvalue weighted by Gasteiger charge is -2.26. The minimum absolute atomic E-state index is 0.115. The number of sulfonamides is 1. The van der Waals surface area contributed by atoms with Gasteiger partial charge < -0.3 is 4.57 Å². The maximum Gasteiger partial charge on any atom is 0.216 e. The van der Waals surface area contributed by atoms with Gasteiger partial charge in [-0.1, -0.05) is 0 Å². The van der Waals surface area contributed by atoms with Crippen LogP contribution >= 0.6 is 27.3 Å². The van der Waals surface area contributed by atoms with Crippen molar-refractivity contribution in [3.63, 3.8) is 0 Å². The maximum absolute atomic E-state index is 12.4. The number of aromatic nitrogens is 2. The molecule has 8 heteroatoms. The fourth-order valence-corrected chi connectivity index (χ4v) is 5.43. The zero-order chi connectivity index (χ0) is 14.2. The van der Waals surface area contributed by atoms with E-state index in [9.17, 15) is 8.42 Å². The summed E-state index contributed by atoms with van der Waals surface area (Å²) in [5.74, 6) is 0.115. The molecule has 0 saturated heterocycles. The maximum atomic E-state index is 12.4. The quantitative estimate of drug-likeness (QED) is 0.821. The third-order valence-electron chi connectivity index (χ3n) is 3.36. The normalized spacial score (nSPS) is 16.2. The van der Waals surface area contributed by atoms with Gasteiger partial charge in [0.1, 0.15) is 0 Å². The van der Waals surface area contributed by atoms with Crippen LogP contribution in [-0.2, 0) is 29.5 Å². The molecule has 1 aliphatic rings. The molecular formula is C12H14BrN3O2S2. The molecule has 0 bridgehead atoms. The summed E-state index contributed by atoms with van der Waals surface area (Å²) in [7, 11) is -3.22. The Morgan fingerprint density at radius 3 is 3.05 bits per heavy atom. The van der Waals surface area contributed by atoms with Gasteiger partial charge in [0.25, 0.3) is 0 Å². The zero-order valence-corrected chi connectivity index (χ0v) is 13.9. The summed E-state index contributed by atoms with van der Waals surface area (Å²) in [6, 6.07) is 2.03. The van der Waals surface area contributed by atoms with E-state index in [1.54, 1.807) is 38.9 Å². The van der Waals surface area contributed by atoms with Crippen molar-refractivity contribution in [2.75, 3.05) is 12.3 Å². The van der Waals surface area contributed by atoms with Crippen LogP contribution in [0.3, 0.4) is 0 Å². The van der Waals surface area contributed by atoms with Gasteiger partial charge in [-0.2, -0.15) is 4.31 Å². The first-order chi connectivity index (χ1) is 9.54. The van der Waals surface area contributed by atoms with Crippen LogP contribution in [0.4, 0.5) is 0 Å². The fraction of sp³-hybridized carbons (Fsp3) is 0.417. The highest BCUT2D eigenvalue weighted by Gasteiger charge is 2.27. The van der Waals surface area contributed by atoms with Crippen LogP contribution in [0.2, 0.25) is 0 Å². The van der Waals surface area contributed by atoms with Gasteiger partial charge in [0.2, 0.25) is 10.0 Å². The Hall–Kier alpha value is -0.700. The van der Waals surface area contributed by atoms with Crippen molar-refractivity contribution in [3.8, 4) is 0 Å². The molecule has 0 spiro atoms. The molecule has 0 amide bonds. The van der Waals surface area contributed by atoms with E-state index >= 15 is 0 Å². The second kappa shape index (κ2) is 5.59. The summed E-state index contributed by atoms with van der Waals surface area (Å²) in [5, 5.41) is 0. The van der Waals surface area contributed by atoms with E-state index in [1.165, 1.54) is 4.88 Å². The largest absolute Gasteiger partial charge is 0.336 e. The summed E-state index contributed by atoms with van der Waals surface area (Å²) in [4.78, 5) is 5.21. The molecule has 5 nitrogen and oxygen atoms in total. The fourth-order valence-electron chi connectivity index (χ4n) is 2.28. The minimum Gasteiger partial charge on any atom is -0.336 e. The second-order valence-corrected chi connectivity index (χ2v) is 9.30. The summed E-state index contributed by atoms with van der Waals surface area (Å²) in [5.41, 5.74) is 1.12. The van der Waals surface area contributed by atoms with Gasteiger partial charge in [0.15, 0.2) is 0 Å². The Kier molecular flexibility index (Phi) is 3.98. The van der Waals surface area contributed by atoms with Crippen LogP contribution in [0.15, 0.2) is 28.6 Å². The van der Waals surface area contributed by atoms with E-state index in [0.29, 0.717) is 19.6 Å². The third-order valence-corrected chi connectivity index (χ3v) is 6.90. The molecule has 2 aromatic heterocycles. The Bertz CT molecular complexity index is 694. The van der Waals surface area contributed by atoms with Gasteiger partial charge in [-0.05, 0) is 34.0 Å². The van der Waals surface area contributed by atoms with Gasteiger partial charge in [0, 0.05) is 36.9 Å². The zero-order valence-electron chi connectivity index (χ0n) is 10.7. The first-order valence-electron chi connectivity index (χ1n) is 6.25. The number of aryl methyl sites for hydroxylation is 1. The Labute approximate surface area is 130 Å². The van der Waals surface area contributed by atoms with Crippen LogP contribution in [0, 0.1) is 0 Å². The van der Waals surface area contributed by atoms with Crippen LogP contribution in [-0.4, -0.2) is 34.6 Å². The highest BCUT2D eigenvalue weighted by atomic mass is 79.9. The molecule has 3 rings (SSSR count). The first kappa shape index (κ1) is 14.2. The molecule has 20 heavy (non-hydrogen) atoms. The van der Waals surface area contributed by atoms with Gasteiger partial charge in [-0.3, -0.25) is 0 Å². The molecule has 0 saturated carbocycles. The third kappa shape index (κ3) is 2.98. The van der Waals surface area contributed by atoms with Crippen molar-refractivity contribution < 1.29 is 8.42 Å². The molecule has 0 aromatic carbocycles. The molecular weight excluding hydrogens is 362 g/mol. The minimum atomic E-state index is -3.22. The lowest BCUT2D eigenvalue weighted by Crippen LogP contribution is -2.37. The molecule has 2 aromatic rings. The topological polar surface area (TPSA) is 55.2 Å². The average Bonchev–Trinajstić information content (AvgIpc) is 3.03. The lowest BCUT2D eigenvalue weighted by atomic mass is 10.1. The van der Waals surface area contributed by atoms with Crippen molar-refractivity contribution in [3.05, 3.63) is 39.0 Å². The highest BCUT2D eigenvalue weighted by Crippen LogP contribution is 2.32. The number of rotatable bonds is 4.